The molecule has 1 aromatic carbocycles. The van der Waals surface area contributed by atoms with Gasteiger partial charge in [0.05, 0.1) is 6.61 Å². The Hall–Kier alpha value is -0.850. The first-order valence-electron chi connectivity index (χ1n) is 4.13. The van der Waals surface area contributed by atoms with Crippen LogP contribution in [-0.2, 0) is 10.8 Å². The molecule has 0 aromatic heterocycles. The minimum absolute atomic E-state index is 0.0880. The lowest BCUT2D eigenvalue weighted by molar-refractivity contribution is -0.0623. The van der Waals surface area contributed by atoms with Crippen molar-refractivity contribution in [2.45, 2.75) is 16.3 Å². The summed E-state index contributed by atoms with van der Waals surface area (Å²) < 4.78 is 37.7. The molecular formula is C9H10F2O3S. The third-order valence-electron chi connectivity index (χ3n) is 1.77. The number of benzene rings is 1. The average Bonchev–Trinajstić information content (AvgIpc) is 2.28. The Morgan fingerprint density at radius 1 is 1.33 bits per heavy atom. The van der Waals surface area contributed by atoms with Gasteiger partial charge in [0.1, 0.15) is 10.8 Å². The van der Waals surface area contributed by atoms with Gasteiger partial charge < -0.3 is 10.2 Å². The van der Waals surface area contributed by atoms with Crippen molar-refractivity contribution in [3.05, 3.63) is 30.3 Å². The molecule has 0 fully saturated rings. The topological polar surface area (TPSA) is 57.5 Å². The Kier molecular flexibility index (Phi) is 3.90. The number of hydrogen-bond acceptors (Lipinski definition) is 3. The standard InChI is InChI=1S/C9H10F2O3S/c10-9(11,8(13)6-12)15(14)7-4-2-1-3-5-7/h1-5,8,12-13H,6H2. The van der Waals surface area contributed by atoms with Crippen molar-refractivity contribution in [1.82, 2.24) is 0 Å². The normalized spacial score (nSPS) is 16.0. The van der Waals surface area contributed by atoms with Gasteiger partial charge in [-0.15, -0.1) is 0 Å². The van der Waals surface area contributed by atoms with Gasteiger partial charge in [-0.2, -0.15) is 8.78 Å². The fourth-order valence-electron chi connectivity index (χ4n) is 0.931. The van der Waals surface area contributed by atoms with E-state index in [1.165, 1.54) is 24.3 Å². The third kappa shape index (κ3) is 2.58. The molecule has 0 saturated carbocycles. The molecule has 1 rings (SSSR count). The summed E-state index contributed by atoms with van der Waals surface area (Å²) in [6.45, 7) is -1.13. The number of halogens is 2. The zero-order valence-corrected chi connectivity index (χ0v) is 8.45. The zero-order chi connectivity index (χ0) is 11.5. The monoisotopic (exact) mass is 236 g/mol. The predicted octanol–water partition coefficient (Wildman–Crippen LogP) is 0.740. The van der Waals surface area contributed by atoms with Crippen LogP contribution in [0.3, 0.4) is 0 Å². The van der Waals surface area contributed by atoms with Crippen LogP contribution >= 0.6 is 0 Å². The SMILES string of the molecule is O=S(c1ccccc1)C(F)(F)C(O)CO. The fourth-order valence-corrected chi connectivity index (χ4v) is 1.97. The minimum Gasteiger partial charge on any atom is -0.393 e. The molecule has 0 radical (unpaired) electrons. The minimum atomic E-state index is -3.85. The van der Waals surface area contributed by atoms with Crippen molar-refractivity contribution in [2.24, 2.45) is 0 Å². The first kappa shape index (κ1) is 12.2. The smallest absolute Gasteiger partial charge is 0.352 e. The Balaban J connectivity index is 2.94. The van der Waals surface area contributed by atoms with Crippen LogP contribution in [0.15, 0.2) is 35.2 Å². The Morgan fingerprint density at radius 2 is 1.87 bits per heavy atom. The van der Waals surface area contributed by atoms with Gasteiger partial charge in [-0.25, -0.2) is 4.21 Å². The van der Waals surface area contributed by atoms with E-state index < -0.39 is 28.8 Å². The molecular weight excluding hydrogens is 226 g/mol. The van der Waals surface area contributed by atoms with E-state index >= 15 is 0 Å². The number of alkyl halides is 2. The molecule has 0 aliphatic rings. The first-order valence-corrected chi connectivity index (χ1v) is 5.28. The lowest BCUT2D eigenvalue weighted by atomic mass is 10.4. The van der Waals surface area contributed by atoms with Crippen LogP contribution in [0, 0.1) is 0 Å². The number of aliphatic hydroxyl groups is 2. The van der Waals surface area contributed by atoms with Gasteiger partial charge in [-0.05, 0) is 12.1 Å². The van der Waals surface area contributed by atoms with E-state index in [0.29, 0.717) is 0 Å². The van der Waals surface area contributed by atoms with Crippen molar-refractivity contribution in [2.75, 3.05) is 6.61 Å². The van der Waals surface area contributed by atoms with E-state index in [1.807, 2.05) is 0 Å². The highest BCUT2D eigenvalue weighted by atomic mass is 32.2. The molecule has 0 aliphatic carbocycles. The van der Waals surface area contributed by atoms with Gasteiger partial charge in [-0.1, -0.05) is 18.2 Å². The zero-order valence-electron chi connectivity index (χ0n) is 7.64. The van der Waals surface area contributed by atoms with Gasteiger partial charge in [-0.3, -0.25) is 0 Å². The maximum atomic E-state index is 13.2. The molecule has 0 spiro atoms. The highest BCUT2D eigenvalue weighted by molar-refractivity contribution is 7.86. The molecule has 0 aliphatic heterocycles. The van der Waals surface area contributed by atoms with E-state index in [4.69, 9.17) is 10.2 Å². The van der Waals surface area contributed by atoms with Crippen LogP contribution in [0.4, 0.5) is 8.78 Å². The molecule has 0 amide bonds. The summed E-state index contributed by atoms with van der Waals surface area (Å²) in [5.41, 5.74) is 0. The molecule has 0 heterocycles. The summed E-state index contributed by atoms with van der Waals surface area (Å²) in [5, 5.41) is 13.4. The third-order valence-corrected chi connectivity index (χ3v) is 3.23. The molecule has 84 valence electrons. The molecule has 0 saturated heterocycles. The van der Waals surface area contributed by atoms with E-state index in [0.717, 1.165) is 0 Å². The lowest BCUT2D eigenvalue weighted by Crippen LogP contribution is -2.40. The van der Waals surface area contributed by atoms with E-state index in [1.54, 1.807) is 6.07 Å². The van der Waals surface area contributed by atoms with Gasteiger partial charge in [0, 0.05) is 4.90 Å². The maximum Gasteiger partial charge on any atom is 0.352 e. The molecule has 2 N–H and O–H groups in total. The quantitative estimate of drug-likeness (QED) is 0.810. The molecule has 6 heteroatoms. The van der Waals surface area contributed by atoms with Gasteiger partial charge in [0.2, 0.25) is 0 Å². The van der Waals surface area contributed by atoms with Crippen LogP contribution in [0.25, 0.3) is 0 Å². The highest BCUT2D eigenvalue weighted by Gasteiger charge is 2.45. The highest BCUT2D eigenvalue weighted by Crippen LogP contribution is 2.28. The second-order valence-corrected chi connectivity index (χ2v) is 4.40. The van der Waals surface area contributed by atoms with Crippen molar-refractivity contribution >= 4 is 10.8 Å². The largest absolute Gasteiger partial charge is 0.393 e. The van der Waals surface area contributed by atoms with E-state index in [2.05, 4.69) is 0 Å². The van der Waals surface area contributed by atoms with Crippen LogP contribution in [-0.4, -0.2) is 32.4 Å². The second kappa shape index (κ2) is 4.78. The lowest BCUT2D eigenvalue weighted by Gasteiger charge is -2.19. The number of rotatable bonds is 4. The van der Waals surface area contributed by atoms with Crippen molar-refractivity contribution in [3.63, 3.8) is 0 Å². The first-order chi connectivity index (χ1) is 7.00. The summed E-state index contributed by atoms with van der Waals surface area (Å²) >= 11 is 0. The summed E-state index contributed by atoms with van der Waals surface area (Å²) in [7, 11) is -2.67. The summed E-state index contributed by atoms with van der Waals surface area (Å²) in [4.78, 5) is -0.0880. The van der Waals surface area contributed by atoms with Crippen LogP contribution < -0.4 is 0 Å². The predicted molar refractivity (Wildman–Crippen MR) is 50.9 cm³/mol. The van der Waals surface area contributed by atoms with Crippen molar-refractivity contribution < 1.29 is 23.2 Å². The summed E-state index contributed by atoms with van der Waals surface area (Å²) in [6.07, 6.45) is -2.32. The fraction of sp³-hybridized carbons (Fsp3) is 0.333. The Labute approximate surface area is 87.8 Å². The number of hydrogen-bond donors (Lipinski definition) is 2. The Bertz CT molecular complexity index is 342. The number of aliphatic hydroxyl groups excluding tert-OH is 2. The molecule has 15 heavy (non-hydrogen) atoms. The van der Waals surface area contributed by atoms with Gasteiger partial charge in [0.15, 0.2) is 6.10 Å². The van der Waals surface area contributed by atoms with Crippen molar-refractivity contribution in [3.8, 4) is 0 Å². The summed E-state index contributed by atoms with van der Waals surface area (Å²) in [6, 6.07) is 7.08. The van der Waals surface area contributed by atoms with Gasteiger partial charge >= 0.3 is 5.25 Å². The van der Waals surface area contributed by atoms with Gasteiger partial charge in [0.25, 0.3) is 0 Å². The molecule has 2 atom stereocenters. The van der Waals surface area contributed by atoms with E-state index in [9.17, 15) is 13.0 Å². The van der Waals surface area contributed by atoms with Crippen molar-refractivity contribution in [1.29, 1.82) is 0 Å². The van der Waals surface area contributed by atoms with Crippen LogP contribution in [0.2, 0.25) is 0 Å². The molecule has 0 bridgehead atoms. The van der Waals surface area contributed by atoms with Crippen LogP contribution in [0.1, 0.15) is 0 Å². The molecule has 1 aromatic rings. The molecule has 2 unspecified atom stereocenters. The Morgan fingerprint density at radius 3 is 2.33 bits per heavy atom. The van der Waals surface area contributed by atoms with E-state index in [-0.39, 0.29) is 4.90 Å². The maximum absolute atomic E-state index is 13.2. The second-order valence-electron chi connectivity index (χ2n) is 2.84. The van der Waals surface area contributed by atoms with Crippen LogP contribution in [0.5, 0.6) is 0 Å². The average molecular weight is 236 g/mol. The summed E-state index contributed by atoms with van der Waals surface area (Å²) in [5.74, 6) is 0. The molecule has 3 nitrogen and oxygen atoms in total.